The molecule has 0 saturated heterocycles. The van der Waals surface area contributed by atoms with E-state index in [1.54, 1.807) is 18.2 Å². The maximum Gasteiger partial charge on any atom is 0.194 e. The highest BCUT2D eigenvalue weighted by atomic mass is 79.9. The predicted octanol–water partition coefficient (Wildman–Crippen LogP) is 4.84. The lowest BCUT2D eigenvalue weighted by Crippen LogP contribution is -2.03. The molecule has 0 radical (unpaired) electrons. The normalized spacial score (nSPS) is 10.3. The quantitative estimate of drug-likeness (QED) is 0.706. The highest BCUT2D eigenvalue weighted by Crippen LogP contribution is 2.26. The van der Waals surface area contributed by atoms with Crippen molar-refractivity contribution < 1.29 is 9.53 Å². The van der Waals surface area contributed by atoms with E-state index in [0.29, 0.717) is 17.7 Å². The second kappa shape index (κ2) is 6.35. The van der Waals surface area contributed by atoms with Gasteiger partial charge in [-0.3, -0.25) is 4.79 Å². The summed E-state index contributed by atoms with van der Waals surface area (Å²) in [5.74, 6) is 0.733. The van der Waals surface area contributed by atoms with Gasteiger partial charge in [-0.15, -0.1) is 0 Å². The first-order chi connectivity index (χ1) is 9.11. The van der Waals surface area contributed by atoms with Crippen LogP contribution in [0, 0.1) is 0 Å². The van der Waals surface area contributed by atoms with Crippen LogP contribution in [0.2, 0.25) is 0 Å². The monoisotopic (exact) mass is 382 g/mol. The molecule has 0 amide bonds. The van der Waals surface area contributed by atoms with E-state index in [-0.39, 0.29) is 5.78 Å². The Labute approximate surface area is 129 Å². The summed E-state index contributed by atoms with van der Waals surface area (Å²) in [6.45, 7) is 2.53. The third kappa shape index (κ3) is 3.45. The molecule has 2 rings (SSSR count). The summed E-state index contributed by atoms with van der Waals surface area (Å²) in [5.41, 5.74) is 1.28. The van der Waals surface area contributed by atoms with Gasteiger partial charge in [0.2, 0.25) is 0 Å². The van der Waals surface area contributed by atoms with Crippen LogP contribution in [-0.4, -0.2) is 12.4 Å². The Morgan fingerprint density at radius 2 is 1.95 bits per heavy atom. The molecule has 2 nitrogen and oxygen atoms in total. The fraction of sp³-hybridized carbons (Fsp3) is 0.133. The summed E-state index contributed by atoms with van der Waals surface area (Å²) in [5, 5.41) is 0. The Balaban J connectivity index is 2.34. The third-order valence-corrected chi connectivity index (χ3v) is 3.73. The van der Waals surface area contributed by atoms with Crippen molar-refractivity contribution in [1.29, 1.82) is 0 Å². The van der Waals surface area contributed by atoms with Crippen molar-refractivity contribution in [2.24, 2.45) is 0 Å². The molecule has 0 unspecified atom stereocenters. The van der Waals surface area contributed by atoms with Crippen LogP contribution < -0.4 is 4.74 Å². The van der Waals surface area contributed by atoms with Crippen LogP contribution in [0.1, 0.15) is 22.8 Å². The molecule has 0 atom stereocenters. The molecule has 0 aliphatic rings. The molecule has 0 spiro atoms. The Kier molecular flexibility index (Phi) is 4.77. The number of ketones is 1. The molecule has 0 saturated carbocycles. The van der Waals surface area contributed by atoms with Crippen LogP contribution in [0.3, 0.4) is 0 Å². The number of ether oxygens (including phenoxy) is 1. The summed E-state index contributed by atoms with van der Waals surface area (Å²) in [4.78, 5) is 12.4. The van der Waals surface area contributed by atoms with Crippen LogP contribution >= 0.6 is 31.9 Å². The second-order valence-electron chi connectivity index (χ2n) is 3.91. The van der Waals surface area contributed by atoms with Gasteiger partial charge in [-0.2, -0.15) is 0 Å². The van der Waals surface area contributed by atoms with E-state index in [2.05, 4.69) is 31.9 Å². The highest BCUT2D eigenvalue weighted by molar-refractivity contribution is 9.10. The van der Waals surface area contributed by atoms with Crippen molar-refractivity contribution in [3.8, 4) is 5.75 Å². The molecule has 0 aliphatic heterocycles. The zero-order chi connectivity index (χ0) is 13.8. The molecule has 2 aromatic rings. The van der Waals surface area contributed by atoms with Crippen molar-refractivity contribution in [3.05, 3.63) is 62.5 Å². The van der Waals surface area contributed by atoms with Crippen molar-refractivity contribution in [2.45, 2.75) is 6.92 Å². The molecule has 0 aliphatic carbocycles. The fourth-order valence-corrected chi connectivity index (χ4v) is 2.66. The summed E-state index contributed by atoms with van der Waals surface area (Å²) in [6, 6.07) is 12.7. The largest absolute Gasteiger partial charge is 0.494 e. The fourth-order valence-electron chi connectivity index (χ4n) is 1.72. The number of hydrogen-bond acceptors (Lipinski definition) is 2. The van der Waals surface area contributed by atoms with Gasteiger partial charge in [0.1, 0.15) is 5.75 Å². The molecular weight excluding hydrogens is 372 g/mol. The lowest BCUT2D eigenvalue weighted by atomic mass is 10.0. The molecule has 98 valence electrons. The summed E-state index contributed by atoms with van der Waals surface area (Å²) < 4.78 is 7.03. The summed E-state index contributed by atoms with van der Waals surface area (Å²) in [7, 11) is 0. The van der Waals surface area contributed by atoms with Gasteiger partial charge in [0.25, 0.3) is 0 Å². The first-order valence-corrected chi connectivity index (χ1v) is 7.43. The Morgan fingerprint density at radius 1 is 1.16 bits per heavy atom. The van der Waals surface area contributed by atoms with Gasteiger partial charge < -0.3 is 4.74 Å². The maximum absolute atomic E-state index is 12.4. The molecule has 0 aromatic heterocycles. The molecule has 0 heterocycles. The predicted molar refractivity (Wildman–Crippen MR) is 82.9 cm³/mol. The Bertz CT molecular complexity index is 609. The first kappa shape index (κ1) is 14.3. The zero-order valence-electron chi connectivity index (χ0n) is 10.3. The van der Waals surface area contributed by atoms with Crippen molar-refractivity contribution >= 4 is 37.6 Å². The first-order valence-electron chi connectivity index (χ1n) is 5.84. The van der Waals surface area contributed by atoms with E-state index in [9.17, 15) is 4.79 Å². The van der Waals surface area contributed by atoms with E-state index < -0.39 is 0 Å². The average molecular weight is 384 g/mol. The topological polar surface area (TPSA) is 26.3 Å². The van der Waals surface area contributed by atoms with E-state index in [0.717, 1.165) is 14.7 Å². The third-order valence-electron chi connectivity index (χ3n) is 2.58. The van der Waals surface area contributed by atoms with Crippen LogP contribution in [0.25, 0.3) is 0 Å². The highest BCUT2D eigenvalue weighted by Gasteiger charge is 2.13. The number of rotatable bonds is 4. The molecule has 0 bridgehead atoms. The lowest BCUT2D eigenvalue weighted by Gasteiger charge is -2.07. The summed E-state index contributed by atoms with van der Waals surface area (Å²) >= 11 is 6.79. The van der Waals surface area contributed by atoms with E-state index >= 15 is 0 Å². The van der Waals surface area contributed by atoms with Gasteiger partial charge in [0, 0.05) is 20.1 Å². The summed E-state index contributed by atoms with van der Waals surface area (Å²) in [6.07, 6.45) is 0. The number of carbonyl (C=O) groups is 1. The smallest absolute Gasteiger partial charge is 0.194 e. The van der Waals surface area contributed by atoms with Crippen molar-refractivity contribution in [1.82, 2.24) is 0 Å². The van der Waals surface area contributed by atoms with Gasteiger partial charge in [0.15, 0.2) is 5.78 Å². The Morgan fingerprint density at radius 3 is 2.58 bits per heavy atom. The van der Waals surface area contributed by atoms with Crippen LogP contribution in [0.4, 0.5) is 0 Å². The maximum atomic E-state index is 12.4. The average Bonchev–Trinajstić information content (AvgIpc) is 2.38. The Hall–Kier alpha value is -1.13. The number of halogens is 2. The lowest BCUT2D eigenvalue weighted by molar-refractivity contribution is 0.103. The SMILES string of the molecule is CCOc1ccc(C(=O)c2cccc(Br)c2)c(Br)c1. The zero-order valence-corrected chi connectivity index (χ0v) is 13.5. The van der Waals surface area contributed by atoms with Gasteiger partial charge in [-0.25, -0.2) is 0 Å². The molecule has 4 heteroatoms. The molecule has 2 aromatic carbocycles. The molecular formula is C15H12Br2O2. The minimum atomic E-state index is -0.0174. The van der Waals surface area contributed by atoms with E-state index in [1.165, 1.54) is 0 Å². The molecule has 0 fully saturated rings. The van der Waals surface area contributed by atoms with Crippen LogP contribution in [-0.2, 0) is 0 Å². The second-order valence-corrected chi connectivity index (χ2v) is 5.68. The number of hydrogen-bond donors (Lipinski definition) is 0. The minimum Gasteiger partial charge on any atom is -0.494 e. The van der Waals surface area contributed by atoms with Gasteiger partial charge in [-0.1, -0.05) is 28.1 Å². The van der Waals surface area contributed by atoms with Gasteiger partial charge in [0.05, 0.1) is 6.61 Å². The minimum absolute atomic E-state index is 0.0174. The van der Waals surface area contributed by atoms with Crippen molar-refractivity contribution in [3.63, 3.8) is 0 Å². The number of benzene rings is 2. The standard InChI is InChI=1S/C15H12Br2O2/c1-2-19-12-6-7-13(14(17)9-12)15(18)10-4-3-5-11(16)8-10/h3-9H,2H2,1H3. The van der Waals surface area contributed by atoms with Gasteiger partial charge in [-0.05, 0) is 53.2 Å². The van der Waals surface area contributed by atoms with E-state index in [4.69, 9.17) is 4.74 Å². The molecule has 19 heavy (non-hydrogen) atoms. The van der Waals surface area contributed by atoms with Crippen molar-refractivity contribution in [2.75, 3.05) is 6.61 Å². The van der Waals surface area contributed by atoms with E-state index in [1.807, 2.05) is 31.2 Å². The van der Waals surface area contributed by atoms with Crippen LogP contribution in [0.5, 0.6) is 5.75 Å². The molecule has 0 N–H and O–H groups in total. The number of carbonyl (C=O) groups excluding carboxylic acids is 1. The van der Waals surface area contributed by atoms with Crippen LogP contribution in [0.15, 0.2) is 51.4 Å². The van der Waals surface area contributed by atoms with Gasteiger partial charge >= 0.3 is 0 Å².